The van der Waals surface area contributed by atoms with Gasteiger partial charge in [0.15, 0.2) is 5.78 Å². The molecule has 0 spiro atoms. The zero-order chi connectivity index (χ0) is 17.1. The summed E-state index contributed by atoms with van der Waals surface area (Å²) in [4.78, 5) is 22.0. The Morgan fingerprint density at radius 2 is 1.88 bits per heavy atom. The van der Waals surface area contributed by atoms with Crippen LogP contribution in [0.15, 0.2) is 76.9 Å². The second kappa shape index (κ2) is 7.67. The van der Waals surface area contributed by atoms with Crippen molar-refractivity contribution in [2.45, 2.75) is 18.4 Å². The Bertz CT molecular complexity index is 877. The van der Waals surface area contributed by atoms with Crippen LogP contribution in [0, 0.1) is 5.92 Å². The molecule has 4 rings (SSSR count). The molecule has 2 aliphatic rings. The fourth-order valence-corrected chi connectivity index (χ4v) is 3.17. The van der Waals surface area contributed by atoms with Crippen molar-refractivity contribution in [2.24, 2.45) is 15.9 Å². The Morgan fingerprint density at radius 1 is 1.12 bits per heavy atom. The van der Waals surface area contributed by atoms with Gasteiger partial charge in [-0.05, 0) is 18.6 Å². The number of hydrogen-bond acceptors (Lipinski definition) is 4. The Hall–Kier alpha value is -2.72. The van der Waals surface area contributed by atoms with Crippen molar-refractivity contribution in [1.29, 1.82) is 0 Å². The average Bonchev–Trinajstić information content (AvgIpc) is 2.69. The lowest BCUT2D eigenvalue weighted by atomic mass is 9.84. The second-order valence-corrected chi connectivity index (χ2v) is 6.24. The van der Waals surface area contributed by atoms with Gasteiger partial charge in [-0.3, -0.25) is 14.8 Å². The number of ketones is 1. The highest BCUT2D eigenvalue weighted by Crippen LogP contribution is 2.39. The number of nitrogens with zero attached hydrogens (tertiary/aromatic N) is 2. The van der Waals surface area contributed by atoms with Gasteiger partial charge in [-0.1, -0.05) is 48.5 Å². The maximum absolute atomic E-state index is 13.3. The zero-order valence-electron chi connectivity index (χ0n) is 14.1. The minimum absolute atomic E-state index is 0. The molecule has 2 atom stereocenters. The fourth-order valence-electron chi connectivity index (χ4n) is 3.17. The van der Waals surface area contributed by atoms with E-state index >= 15 is 0 Å². The van der Waals surface area contributed by atoms with Crippen LogP contribution in [-0.2, 0) is 10.4 Å². The fraction of sp³-hybridized carbons (Fsp3) is 0.190. The highest BCUT2D eigenvalue weighted by atomic mass is 35.5. The largest absolute Gasteiger partial charge is 0.467 e. The van der Waals surface area contributed by atoms with Gasteiger partial charge < -0.3 is 4.74 Å². The third kappa shape index (κ3) is 3.33. The molecule has 2 heterocycles. The van der Waals surface area contributed by atoms with E-state index in [0.717, 1.165) is 17.7 Å². The summed E-state index contributed by atoms with van der Waals surface area (Å²) in [6, 6.07) is 17.1. The van der Waals surface area contributed by atoms with E-state index < -0.39 is 5.60 Å². The first-order valence-corrected chi connectivity index (χ1v) is 8.38. The van der Waals surface area contributed by atoms with E-state index in [-0.39, 0.29) is 24.1 Å². The number of fused-ring (bicyclic) bond motifs is 1. The summed E-state index contributed by atoms with van der Waals surface area (Å²) in [5, 5.41) is 0. The molecule has 0 aliphatic carbocycles. The number of benzene rings is 2. The number of allylic oxidation sites excluding steroid dienone is 1. The van der Waals surface area contributed by atoms with Crippen LogP contribution < -0.4 is 4.74 Å². The van der Waals surface area contributed by atoms with Crippen LogP contribution in [0.25, 0.3) is 0 Å². The second-order valence-electron chi connectivity index (χ2n) is 6.24. The van der Waals surface area contributed by atoms with Gasteiger partial charge in [-0.15, -0.1) is 12.4 Å². The molecule has 0 radical (unpaired) electrons. The van der Waals surface area contributed by atoms with Gasteiger partial charge in [0.1, 0.15) is 11.4 Å². The number of ether oxygens (including phenoxy) is 1. The van der Waals surface area contributed by atoms with Gasteiger partial charge in [0.2, 0.25) is 5.60 Å². The van der Waals surface area contributed by atoms with E-state index in [1.54, 1.807) is 12.4 Å². The highest BCUT2D eigenvalue weighted by molar-refractivity contribution is 6.06. The smallest absolute Gasteiger partial charge is 0.227 e. The molecule has 26 heavy (non-hydrogen) atoms. The Kier molecular flexibility index (Phi) is 5.33. The number of hydrogen-bond donors (Lipinski definition) is 0. The Balaban J connectivity index is 0.00000196. The van der Waals surface area contributed by atoms with Crippen LogP contribution in [0.2, 0.25) is 0 Å². The summed E-state index contributed by atoms with van der Waals surface area (Å²) < 4.78 is 6.25. The molecule has 2 unspecified atom stereocenters. The standard InChI is InChI=1S/C21H18N2O2.ClH/c24-20(13-16-7-6-12-22-14-16)21(17-8-2-1-3-9-17)15-23-18-10-4-5-11-19(18)25-21;/h1-6,8-12,14-16H,7,13H2;1H. The van der Waals surface area contributed by atoms with Crippen LogP contribution in [0.5, 0.6) is 5.75 Å². The molecule has 0 fully saturated rings. The molecule has 0 bridgehead atoms. The predicted molar refractivity (Wildman–Crippen MR) is 106 cm³/mol. The average molecular weight is 367 g/mol. The van der Waals surface area contributed by atoms with Crippen molar-refractivity contribution in [3.8, 4) is 5.75 Å². The molecule has 0 N–H and O–H groups in total. The van der Waals surface area contributed by atoms with Crippen molar-refractivity contribution >= 4 is 36.3 Å². The summed E-state index contributed by atoms with van der Waals surface area (Å²) in [6.45, 7) is 0. The monoisotopic (exact) mass is 366 g/mol. The van der Waals surface area contributed by atoms with Crippen LogP contribution in [0.4, 0.5) is 5.69 Å². The first kappa shape index (κ1) is 18.1. The minimum atomic E-state index is -1.19. The number of carbonyl (C=O) groups is 1. The van der Waals surface area contributed by atoms with E-state index in [9.17, 15) is 4.79 Å². The quantitative estimate of drug-likeness (QED) is 0.790. The van der Waals surface area contributed by atoms with Crippen molar-refractivity contribution in [1.82, 2.24) is 0 Å². The summed E-state index contributed by atoms with van der Waals surface area (Å²) in [5.41, 5.74) is 0.343. The molecule has 2 aromatic carbocycles. The van der Waals surface area contributed by atoms with E-state index in [4.69, 9.17) is 4.74 Å². The lowest BCUT2D eigenvalue weighted by Gasteiger charge is -2.34. The molecule has 0 saturated heterocycles. The SMILES string of the molecule is Cl.O=C(CC1C=NC=CC1)C1(c2ccccc2)C=Nc2ccccc2O1. The van der Waals surface area contributed by atoms with Crippen LogP contribution in [0.3, 0.4) is 0 Å². The molecule has 0 aromatic heterocycles. The number of rotatable bonds is 4. The molecular weight excluding hydrogens is 348 g/mol. The van der Waals surface area contributed by atoms with Crippen molar-refractivity contribution in [3.63, 3.8) is 0 Å². The molecule has 132 valence electrons. The van der Waals surface area contributed by atoms with Gasteiger partial charge in [-0.2, -0.15) is 0 Å². The maximum Gasteiger partial charge on any atom is 0.227 e. The van der Waals surface area contributed by atoms with E-state index in [1.807, 2.05) is 66.9 Å². The van der Waals surface area contributed by atoms with Crippen molar-refractivity contribution in [3.05, 3.63) is 72.4 Å². The van der Waals surface area contributed by atoms with Crippen LogP contribution in [0.1, 0.15) is 18.4 Å². The minimum Gasteiger partial charge on any atom is -0.467 e. The Morgan fingerprint density at radius 3 is 2.65 bits per heavy atom. The normalized spacial score (nSPS) is 22.8. The lowest BCUT2D eigenvalue weighted by Crippen LogP contribution is -2.45. The third-order valence-corrected chi connectivity index (χ3v) is 4.51. The lowest BCUT2D eigenvalue weighted by molar-refractivity contribution is -0.130. The predicted octanol–water partition coefficient (Wildman–Crippen LogP) is 4.66. The number of para-hydroxylation sites is 2. The summed E-state index contributed by atoms with van der Waals surface area (Å²) in [5.74, 6) is 0.704. The molecule has 2 aliphatic heterocycles. The van der Waals surface area contributed by atoms with Gasteiger partial charge in [0.25, 0.3) is 0 Å². The summed E-state index contributed by atoms with van der Waals surface area (Å²) in [7, 11) is 0. The van der Waals surface area contributed by atoms with E-state index in [1.165, 1.54) is 0 Å². The van der Waals surface area contributed by atoms with Crippen LogP contribution >= 0.6 is 12.4 Å². The molecular formula is C21H19ClN2O2. The number of aliphatic imine (C=N–C) groups is 2. The summed E-state index contributed by atoms with van der Waals surface area (Å²) >= 11 is 0. The molecule has 2 aromatic rings. The molecule has 0 saturated carbocycles. The first-order valence-electron chi connectivity index (χ1n) is 8.38. The number of Topliss-reactive ketones (excluding diaryl/α,β-unsaturated/α-hetero) is 1. The topological polar surface area (TPSA) is 51.0 Å². The van der Waals surface area contributed by atoms with Gasteiger partial charge in [-0.25, -0.2) is 0 Å². The molecule has 4 nitrogen and oxygen atoms in total. The zero-order valence-corrected chi connectivity index (χ0v) is 14.9. The third-order valence-electron chi connectivity index (χ3n) is 4.51. The highest BCUT2D eigenvalue weighted by Gasteiger charge is 2.43. The van der Waals surface area contributed by atoms with E-state index in [0.29, 0.717) is 12.2 Å². The number of carbonyl (C=O) groups excluding carboxylic acids is 1. The summed E-state index contributed by atoms with van der Waals surface area (Å²) in [6.07, 6.45) is 8.40. The van der Waals surface area contributed by atoms with Gasteiger partial charge >= 0.3 is 0 Å². The van der Waals surface area contributed by atoms with Crippen molar-refractivity contribution in [2.75, 3.05) is 0 Å². The van der Waals surface area contributed by atoms with E-state index in [2.05, 4.69) is 9.98 Å². The molecule has 5 heteroatoms. The number of halogens is 1. The van der Waals surface area contributed by atoms with Gasteiger partial charge in [0, 0.05) is 30.3 Å². The van der Waals surface area contributed by atoms with Gasteiger partial charge in [0.05, 0.1) is 6.21 Å². The Labute approximate surface area is 158 Å². The molecule has 0 amide bonds. The first-order chi connectivity index (χ1) is 12.3. The maximum atomic E-state index is 13.3. The van der Waals surface area contributed by atoms with Crippen molar-refractivity contribution < 1.29 is 9.53 Å². The van der Waals surface area contributed by atoms with Crippen LogP contribution in [-0.4, -0.2) is 18.2 Å².